The molecule has 1 aliphatic carbocycles. The first-order valence-electron chi connectivity index (χ1n) is 9.99. The lowest BCUT2D eigenvalue weighted by atomic mass is 10.1. The van der Waals surface area contributed by atoms with Gasteiger partial charge in [0, 0.05) is 24.8 Å². The third-order valence-corrected chi connectivity index (χ3v) is 5.64. The van der Waals surface area contributed by atoms with Crippen molar-refractivity contribution in [2.24, 2.45) is 0 Å². The Kier molecular flexibility index (Phi) is 5.24. The van der Waals surface area contributed by atoms with Crippen LogP contribution >= 0.6 is 0 Å². The molecule has 8 nitrogen and oxygen atoms in total. The predicted molar refractivity (Wildman–Crippen MR) is 104 cm³/mol. The van der Waals surface area contributed by atoms with E-state index in [0.717, 1.165) is 43.7 Å². The molecule has 1 saturated carbocycles. The van der Waals surface area contributed by atoms with Crippen LogP contribution in [0.2, 0.25) is 0 Å². The molecule has 146 valence electrons. The summed E-state index contributed by atoms with van der Waals surface area (Å²) in [5, 5.41) is 20.8. The summed E-state index contributed by atoms with van der Waals surface area (Å²) >= 11 is 0. The van der Waals surface area contributed by atoms with E-state index < -0.39 is 0 Å². The summed E-state index contributed by atoms with van der Waals surface area (Å²) < 4.78 is 1.79. The summed E-state index contributed by atoms with van der Waals surface area (Å²) in [6.45, 7) is 3.47. The number of hydrogen-bond acceptors (Lipinski definition) is 6. The molecular formula is C20H25N7O. The van der Waals surface area contributed by atoms with Crippen molar-refractivity contribution in [3.63, 3.8) is 0 Å². The zero-order valence-corrected chi connectivity index (χ0v) is 16.1. The molecule has 1 atom stereocenters. The summed E-state index contributed by atoms with van der Waals surface area (Å²) in [6, 6.07) is 6.28. The molecular weight excluding hydrogens is 354 g/mol. The molecule has 1 aliphatic heterocycles. The summed E-state index contributed by atoms with van der Waals surface area (Å²) in [7, 11) is 0. The molecule has 8 heteroatoms. The van der Waals surface area contributed by atoms with Crippen LogP contribution < -0.4 is 10.2 Å². The number of carbonyl (C=O) groups is 1. The maximum Gasteiger partial charge on any atom is 0.273 e. The molecule has 28 heavy (non-hydrogen) atoms. The van der Waals surface area contributed by atoms with Crippen molar-refractivity contribution in [1.29, 1.82) is 5.26 Å². The predicted octanol–water partition coefficient (Wildman–Crippen LogP) is 2.37. The van der Waals surface area contributed by atoms with Gasteiger partial charge in [-0.15, -0.1) is 5.10 Å². The standard InChI is InChI=1S/C20H25N7O/c1-14-8-9-15(11-21)19(22-14)26-10-4-7-17(12-26)27-13-18(24-25-27)20(28)23-16-5-2-3-6-16/h8-9,13,16-17H,2-7,10,12H2,1H3,(H,23,28). The second kappa shape index (κ2) is 7.97. The number of nitrogens with zero attached hydrogens (tertiary/aromatic N) is 6. The van der Waals surface area contributed by atoms with E-state index in [1.807, 2.05) is 19.1 Å². The smallest absolute Gasteiger partial charge is 0.273 e. The van der Waals surface area contributed by atoms with Crippen LogP contribution in [0.1, 0.15) is 66.3 Å². The van der Waals surface area contributed by atoms with Gasteiger partial charge in [-0.3, -0.25) is 4.79 Å². The van der Waals surface area contributed by atoms with Crippen molar-refractivity contribution in [3.8, 4) is 6.07 Å². The van der Waals surface area contributed by atoms with Gasteiger partial charge in [0.05, 0.1) is 17.8 Å². The van der Waals surface area contributed by atoms with Gasteiger partial charge in [-0.2, -0.15) is 5.26 Å². The lowest BCUT2D eigenvalue weighted by molar-refractivity contribution is 0.0932. The summed E-state index contributed by atoms with van der Waals surface area (Å²) in [6.07, 6.45) is 8.10. The first-order chi connectivity index (χ1) is 13.6. The van der Waals surface area contributed by atoms with E-state index in [1.54, 1.807) is 10.9 Å². The van der Waals surface area contributed by atoms with Crippen LogP contribution in [0.3, 0.4) is 0 Å². The third-order valence-electron chi connectivity index (χ3n) is 5.64. The molecule has 3 heterocycles. The fraction of sp³-hybridized carbons (Fsp3) is 0.550. The van der Waals surface area contributed by atoms with E-state index >= 15 is 0 Å². The number of anilines is 1. The Morgan fingerprint density at radius 1 is 1.25 bits per heavy atom. The maximum absolute atomic E-state index is 12.4. The minimum absolute atomic E-state index is 0.100. The van der Waals surface area contributed by atoms with Crippen LogP contribution in [0.15, 0.2) is 18.3 Å². The number of aromatic nitrogens is 4. The molecule has 0 radical (unpaired) electrons. The lowest BCUT2D eigenvalue weighted by Crippen LogP contribution is -2.38. The highest BCUT2D eigenvalue weighted by molar-refractivity contribution is 5.92. The third kappa shape index (κ3) is 3.84. The summed E-state index contributed by atoms with van der Waals surface area (Å²) in [5.74, 6) is 0.587. The molecule has 1 N–H and O–H groups in total. The molecule has 2 aliphatic rings. The number of carbonyl (C=O) groups excluding carboxylic acids is 1. The van der Waals surface area contributed by atoms with Gasteiger partial charge in [-0.1, -0.05) is 18.1 Å². The number of rotatable bonds is 4. The minimum Gasteiger partial charge on any atom is -0.353 e. The van der Waals surface area contributed by atoms with Gasteiger partial charge in [0.15, 0.2) is 5.69 Å². The quantitative estimate of drug-likeness (QED) is 0.875. The van der Waals surface area contributed by atoms with Gasteiger partial charge in [0.25, 0.3) is 5.91 Å². The second-order valence-corrected chi connectivity index (χ2v) is 7.72. The number of pyridine rings is 1. The first kappa shape index (κ1) is 18.4. The minimum atomic E-state index is -0.141. The van der Waals surface area contributed by atoms with Gasteiger partial charge in [-0.25, -0.2) is 9.67 Å². The van der Waals surface area contributed by atoms with Crippen LogP contribution in [-0.2, 0) is 0 Å². The van der Waals surface area contributed by atoms with E-state index in [4.69, 9.17) is 0 Å². The fourth-order valence-corrected chi connectivity index (χ4v) is 4.12. The Morgan fingerprint density at radius 3 is 2.86 bits per heavy atom. The Hall–Kier alpha value is -2.95. The highest BCUT2D eigenvalue weighted by Crippen LogP contribution is 2.27. The number of hydrogen-bond donors (Lipinski definition) is 1. The van der Waals surface area contributed by atoms with Gasteiger partial charge < -0.3 is 10.2 Å². The van der Waals surface area contributed by atoms with Crippen LogP contribution in [0.5, 0.6) is 0 Å². The molecule has 1 saturated heterocycles. The second-order valence-electron chi connectivity index (χ2n) is 7.72. The number of aryl methyl sites for hydroxylation is 1. The van der Waals surface area contributed by atoms with Crippen molar-refractivity contribution in [1.82, 2.24) is 25.3 Å². The molecule has 2 aromatic heterocycles. The number of amides is 1. The van der Waals surface area contributed by atoms with Gasteiger partial charge in [0.1, 0.15) is 11.9 Å². The van der Waals surface area contributed by atoms with Gasteiger partial charge in [-0.05, 0) is 44.7 Å². The van der Waals surface area contributed by atoms with E-state index in [2.05, 4.69) is 31.6 Å². The zero-order valence-electron chi connectivity index (χ0n) is 16.1. The molecule has 0 aromatic carbocycles. The van der Waals surface area contributed by atoms with Crippen LogP contribution in [0.4, 0.5) is 5.82 Å². The Labute approximate surface area is 164 Å². The molecule has 1 amide bonds. The van der Waals surface area contributed by atoms with Crippen LogP contribution in [0.25, 0.3) is 0 Å². The zero-order chi connectivity index (χ0) is 19.5. The topological polar surface area (TPSA) is 99.7 Å². The molecule has 4 rings (SSSR count). The highest BCUT2D eigenvalue weighted by atomic mass is 16.2. The number of nitriles is 1. The van der Waals surface area contributed by atoms with Crippen molar-refractivity contribution in [3.05, 3.63) is 35.3 Å². The number of nitrogens with one attached hydrogen (secondary N) is 1. The highest BCUT2D eigenvalue weighted by Gasteiger charge is 2.26. The SMILES string of the molecule is Cc1ccc(C#N)c(N2CCCC(n3cc(C(=O)NC4CCCC4)nn3)C2)n1. The Bertz CT molecular complexity index is 894. The molecule has 2 aromatic rings. The summed E-state index contributed by atoms with van der Waals surface area (Å²) in [5.41, 5.74) is 1.85. The average molecular weight is 379 g/mol. The normalized spacial score (nSPS) is 20.1. The van der Waals surface area contributed by atoms with Gasteiger partial charge >= 0.3 is 0 Å². The van der Waals surface area contributed by atoms with Crippen molar-refractivity contribution >= 4 is 11.7 Å². The molecule has 2 fully saturated rings. The largest absolute Gasteiger partial charge is 0.353 e. The van der Waals surface area contributed by atoms with E-state index in [1.165, 1.54) is 12.8 Å². The van der Waals surface area contributed by atoms with Crippen LogP contribution in [0, 0.1) is 18.3 Å². The van der Waals surface area contributed by atoms with Crippen LogP contribution in [-0.4, -0.2) is 45.0 Å². The Morgan fingerprint density at radius 2 is 2.07 bits per heavy atom. The van der Waals surface area contributed by atoms with E-state index in [0.29, 0.717) is 17.8 Å². The maximum atomic E-state index is 12.4. The van der Waals surface area contributed by atoms with Crippen molar-refractivity contribution in [2.75, 3.05) is 18.0 Å². The number of piperidine rings is 1. The lowest BCUT2D eigenvalue weighted by Gasteiger charge is -2.33. The molecule has 0 bridgehead atoms. The summed E-state index contributed by atoms with van der Waals surface area (Å²) in [4.78, 5) is 19.1. The first-order valence-corrected chi connectivity index (χ1v) is 9.99. The van der Waals surface area contributed by atoms with E-state index in [9.17, 15) is 10.1 Å². The monoisotopic (exact) mass is 379 g/mol. The Balaban J connectivity index is 1.47. The van der Waals surface area contributed by atoms with E-state index in [-0.39, 0.29) is 18.0 Å². The van der Waals surface area contributed by atoms with Gasteiger partial charge in [0.2, 0.25) is 0 Å². The fourth-order valence-electron chi connectivity index (χ4n) is 4.12. The molecule has 0 spiro atoms. The van der Waals surface area contributed by atoms with Crippen molar-refractivity contribution < 1.29 is 4.79 Å². The average Bonchev–Trinajstić information content (AvgIpc) is 3.40. The van der Waals surface area contributed by atoms with Crippen molar-refractivity contribution in [2.45, 2.75) is 57.5 Å². The molecule has 1 unspecified atom stereocenters.